The molecule has 120 valence electrons. The van der Waals surface area contributed by atoms with Crippen molar-refractivity contribution in [1.82, 2.24) is 15.3 Å². The van der Waals surface area contributed by atoms with Crippen molar-refractivity contribution in [3.8, 4) is 0 Å². The van der Waals surface area contributed by atoms with Crippen LogP contribution in [0.4, 0.5) is 5.69 Å². The van der Waals surface area contributed by atoms with Crippen LogP contribution in [0.2, 0.25) is 0 Å². The number of carbonyl (C=O) groups is 2. The molecule has 6 heteroatoms. The zero-order valence-corrected chi connectivity index (χ0v) is 13.5. The number of amides is 2. The molecule has 0 saturated carbocycles. The van der Waals surface area contributed by atoms with E-state index in [1.165, 1.54) is 0 Å². The van der Waals surface area contributed by atoms with Gasteiger partial charge in [-0.2, -0.15) is 0 Å². The number of benzene rings is 1. The fraction of sp³-hybridized carbons (Fsp3) is 0.294. The number of carbonyl (C=O) groups excluding carboxylic acids is 2. The van der Waals surface area contributed by atoms with Gasteiger partial charge >= 0.3 is 0 Å². The summed E-state index contributed by atoms with van der Waals surface area (Å²) in [5.41, 5.74) is 1.97. The number of aryl methyl sites for hydroxylation is 2. The first kappa shape index (κ1) is 16.6. The van der Waals surface area contributed by atoms with Gasteiger partial charge in [0.15, 0.2) is 11.4 Å². The van der Waals surface area contributed by atoms with Crippen LogP contribution in [0.25, 0.3) is 0 Å². The van der Waals surface area contributed by atoms with E-state index in [-0.39, 0.29) is 17.3 Å². The number of nitrogens with one attached hydrogen (secondary N) is 2. The molecule has 2 amide bonds. The van der Waals surface area contributed by atoms with Gasteiger partial charge < -0.3 is 10.6 Å². The highest BCUT2D eigenvalue weighted by atomic mass is 16.2. The van der Waals surface area contributed by atoms with E-state index in [4.69, 9.17) is 0 Å². The highest BCUT2D eigenvalue weighted by molar-refractivity contribution is 6.10. The quantitative estimate of drug-likeness (QED) is 0.888. The van der Waals surface area contributed by atoms with Crippen molar-refractivity contribution in [2.45, 2.75) is 27.2 Å². The molecule has 0 atom stereocenters. The number of nitrogens with zero attached hydrogens (tertiary/aromatic N) is 2. The molecule has 6 nitrogen and oxygen atoms in total. The molecular weight excluding hydrogens is 292 g/mol. The number of hydrogen-bond donors (Lipinski definition) is 2. The van der Waals surface area contributed by atoms with Gasteiger partial charge in [-0.3, -0.25) is 9.59 Å². The maximum Gasteiger partial charge on any atom is 0.276 e. The summed E-state index contributed by atoms with van der Waals surface area (Å²) >= 11 is 0. The van der Waals surface area contributed by atoms with E-state index < -0.39 is 5.91 Å². The molecule has 0 aliphatic rings. The predicted molar refractivity (Wildman–Crippen MR) is 88.5 cm³/mol. The molecule has 1 aromatic heterocycles. The van der Waals surface area contributed by atoms with Gasteiger partial charge in [0.2, 0.25) is 0 Å². The molecule has 0 bridgehead atoms. The first-order valence-corrected chi connectivity index (χ1v) is 7.52. The standard InChI is InChI=1S/C17H20N4O2/c1-4-10-18-16(22)14-15(20-12(3)11(2)19-14)17(23)21-13-8-6-5-7-9-13/h5-9H,4,10H2,1-3H3,(H,18,22)(H,21,23). The molecule has 23 heavy (non-hydrogen) atoms. The molecule has 2 N–H and O–H groups in total. The van der Waals surface area contributed by atoms with Crippen LogP contribution in [0.15, 0.2) is 30.3 Å². The van der Waals surface area contributed by atoms with Gasteiger partial charge in [-0.05, 0) is 32.4 Å². The van der Waals surface area contributed by atoms with Crippen molar-refractivity contribution in [3.05, 3.63) is 53.1 Å². The summed E-state index contributed by atoms with van der Waals surface area (Å²) < 4.78 is 0. The Bertz CT molecular complexity index is 714. The molecule has 2 aromatic rings. The highest BCUT2D eigenvalue weighted by Crippen LogP contribution is 2.12. The van der Waals surface area contributed by atoms with Gasteiger partial charge in [-0.1, -0.05) is 25.1 Å². The van der Waals surface area contributed by atoms with Gasteiger partial charge in [0.25, 0.3) is 11.8 Å². The van der Waals surface area contributed by atoms with Crippen molar-refractivity contribution >= 4 is 17.5 Å². The summed E-state index contributed by atoms with van der Waals surface area (Å²) in [6.45, 7) is 6.00. The topological polar surface area (TPSA) is 84.0 Å². The molecule has 1 heterocycles. The summed E-state index contributed by atoms with van der Waals surface area (Å²) in [6.07, 6.45) is 0.801. The number of aromatic nitrogens is 2. The molecule has 2 rings (SSSR count). The normalized spacial score (nSPS) is 10.2. The van der Waals surface area contributed by atoms with Crippen LogP contribution in [0, 0.1) is 13.8 Å². The fourth-order valence-corrected chi connectivity index (χ4v) is 1.95. The van der Waals surface area contributed by atoms with E-state index >= 15 is 0 Å². The molecule has 0 saturated heterocycles. The van der Waals surface area contributed by atoms with Crippen LogP contribution in [-0.4, -0.2) is 28.3 Å². The molecule has 0 radical (unpaired) electrons. The van der Waals surface area contributed by atoms with Crippen LogP contribution in [-0.2, 0) is 0 Å². The van der Waals surface area contributed by atoms with Gasteiger partial charge in [-0.25, -0.2) is 9.97 Å². The minimum Gasteiger partial charge on any atom is -0.351 e. The largest absolute Gasteiger partial charge is 0.351 e. The highest BCUT2D eigenvalue weighted by Gasteiger charge is 2.22. The predicted octanol–water partition coefficient (Wildman–Crippen LogP) is 2.49. The molecule has 1 aromatic carbocycles. The Balaban J connectivity index is 2.33. The Morgan fingerprint density at radius 2 is 1.52 bits per heavy atom. The molecule has 0 fully saturated rings. The van der Waals surface area contributed by atoms with Crippen LogP contribution < -0.4 is 10.6 Å². The molecule has 0 aliphatic heterocycles. The maximum absolute atomic E-state index is 12.5. The van der Waals surface area contributed by atoms with E-state index in [1.807, 2.05) is 25.1 Å². The van der Waals surface area contributed by atoms with Crippen molar-refractivity contribution in [2.24, 2.45) is 0 Å². The number of rotatable bonds is 5. The fourth-order valence-electron chi connectivity index (χ4n) is 1.95. The lowest BCUT2D eigenvalue weighted by Crippen LogP contribution is -2.29. The zero-order chi connectivity index (χ0) is 16.8. The van der Waals surface area contributed by atoms with Crippen LogP contribution >= 0.6 is 0 Å². The Hall–Kier alpha value is -2.76. The number of para-hydroxylation sites is 1. The number of anilines is 1. The maximum atomic E-state index is 12.5. The van der Waals surface area contributed by atoms with Gasteiger partial charge in [-0.15, -0.1) is 0 Å². The van der Waals surface area contributed by atoms with Gasteiger partial charge in [0, 0.05) is 12.2 Å². The second-order valence-corrected chi connectivity index (χ2v) is 5.17. The second kappa shape index (κ2) is 7.49. The Labute approximate surface area is 135 Å². The Kier molecular flexibility index (Phi) is 5.41. The minimum atomic E-state index is -0.451. The Morgan fingerprint density at radius 1 is 0.957 bits per heavy atom. The molecular formula is C17H20N4O2. The second-order valence-electron chi connectivity index (χ2n) is 5.17. The van der Waals surface area contributed by atoms with E-state index in [2.05, 4.69) is 20.6 Å². The summed E-state index contributed by atoms with van der Waals surface area (Å²) in [6, 6.07) is 9.02. The van der Waals surface area contributed by atoms with Crippen LogP contribution in [0.3, 0.4) is 0 Å². The van der Waals surface area contributed by atoms with Crippen molar-refractivity contribution in [3.63, 3.8) is 0 Å². The third-order valence-electron chi connectivity index (χ3n) is 3.30. The lowest BCUT2D eigenvalue weighted by molar-refractivity contribution is 0.0933. The van der Waals surface area contributed by atoms with Crippen molar-refractivity contribution in [1.29, 1.82) is 0 Å². The lowest BCUT2D eigenvalue weighted by Gasteiger charge is -2.11. The smallest absolute Gasteiger partial charge is 0.276 e. The van der Waals surface area contributed by atoms with Gasteiger partial charge in [0.05, 0.1) is 11.4 Å². The Morgan fingerprint density at radius 3 is 2.09 bits per heavy atom. The van der Waals surface area contributed by atoms with Gasteiger partial charge in [0.1, 0.15) is 0 Å². The summed E-state index contributed by atoms with van der Waals surface area (Å²) in [5, 5.41) is 5.47. The summed E-state index contributed by atoms with van der Waals surface area (Å²) in [5.74, 6) is -0.839. The summed E-state index contributed by atoms with van der Waals surface area (Å²) in [4.78, 5) is 33.2. The number of hydrogen-bond acceptors (Lipinski definition) is 4. The average Bonchev–Trinajstić information content (AvgIpc) is 2.55. The molecule has 0 spiro atoms. The first-order valence-electron chi connectivity index (χ1n) is 7.52. The SMILES string of the molecule is CCCNC(=O)c1nc(C)c(C)nc1C(=O)Nc1ccccc1. The first-order chi connectivity index (χ1) is 11.0. The third-order valence-corrected chi connectivity index (χ3v) is 3.30. The zero-order valence-electron chi connectivity index (χ0n) is 13.5. The van der Waals surface area contributed by atoms with Crippen LogP contribution in [0.1, 0.15) is 45.7 Å². The van der Waals surface area contributed by atoms with E-state index in [0.29, 0.717) is 23.6 Å². The molecule has 0 unspecified atom stereocenters. The van der Waals surface area contributed by atoms with Crippen molar-refractivity contribution < 1.29 is 9.59 Å². The minimum absolute atomic E-state index is 0.0329. The van der Waals surface area contributed by atoms with Crippen molar-refractivity contribution in [2.75, 3.05) is 11.9 Å². The van der Waals surface area contributed by atoms with E-state index in [1.54, 1.807) is 26.0 Å². The third kappa shape index (κ3) is 4.12. The van der Waals surface area contributed by atoms with Crippen LogP contribution in [0.5, 0.6) is 0 Å². The molecule has 0 aliphatic carbocycles. The van der Waals surface area contributed by atoms with E-state index in [9.17, 15) is 9.59 Å². The summed E-state index contributed by atoms with van der Waals surface area (Å²) in [7, 11) is 0. The van der Waals surface area contributed by atoms with E-state index in [0.717, 1.165) is 6.42 Å². The average molecular weight is 312 g/mol. The lowest BCUT2D eigenvalue weighted by atomic mass is 10.2. The monoisotopic (exact) mass is 312 g/mol.